The summed E-state index contributed by atoms with van der Waals surface area (Å²) >= 11 is 14.0. The van der Waals surface area contributed by atoms with E-state index in [1.165, 1.54) is 23.6 Å². The van der Waals surface area contributed by atoms with E-state index in [2.05, 4.69) is 10.2 Å². The van der Waals surface area contributed by atoms with Crippen LogP contribution in [0.1, 0.15) is 0 Å². The fraction of sp³-hybridized carbons (Fsp3) is 0.500. The van der Waals surface area contributed by atoms with Crippen LogP contribution in [0.2, 0.25) is 10.0 Å². The highest BCUT2D eigenvalue weighted by atomic mass is 35.5. The minimum Gasteiger partial charge on any atom is -0.381 e. The van der Waals surface area contributed by atoms with Crippen molar-refractivity contribution in [2.45, 2.75) is 0 Å². The van der Waals surface area contributed by atoms with Crippen molar-refractivity contribution in [3.05, 3.63) is 32.3 Å². The summed E-state index contributed by atoms with van der Waals surface area (Å²) in [6.45, 7) is 3.80. The number of anilines is 1. The molecule has 0 amide bonds. The van der Waals surface area contributed by atoms with Gasteiger partial charge in [0.05, 0.1) is 20.7 Å². The van der Waals surface area contributed by atoms with E-state index in [-0.39, 0.29) is 15.7 Å². The highest BCUT2D eigenvalue weighted by molar-refractivity contribution is 7.99. The molecule has 1 saturated heterocycles. The van der Waals surface area contributed by atoms with Gasteiger partial charge >= 0.3 is 0 Å². The number of rotatable bonds is 5. The number of halogens is 2. The van der Waals surface area contributed by atoms with Gasteiger partial charge in [-0.15, -0.1) is 0 Å². The van der Waals surface area contributed by atoms with Gasteiger partial charge in [-0.3, -0.25) is 15.0 Å². The summed E-state index contributed by atoms with van der Waals surface area (Å²) in [6, 6.07) is 2.63. The quantitative estimate of drug-likeness (QED) is 0.660. The first kappa shape index (κ1) is 15.7. The largest absolute Gasteiger partial charge is 0.381 e. The van der Waals surface area contributed by atoms with Gasteiger partial charge in [0.25, 0.3) is 5.69 Å². The topological polar surface area (TPSA) is 58.4 Å². The van der Waals surface area contributed by atoms with Crippen LogP contribution in [0, 0.1) is 10.1 Å². The molecule has 1 N–H and O–H groups in total. The molecule has 0 spiro atoms. The first-order valence-corrected chi connectivity index (χ1v) is 8.16. The third-order valence-electron chi connectivity index (χ3n) is 3.07. The number of hydrogen-bond donors (Lipinski definition) is 1. The molecule has 110 valence electrons. The SMILES string of the molecule is O=[N+]([O-])c1cc(Cl)c(NCCN2CCSCC2)c(Cl)c1. The number of nitrogens with zero attached hydrogens (tertiary/aromatic N) is 2. The minimum absolute atomic E-state index is 0.0985. The van der Waals surface area contributed by atoms with Crippen LogP contribution in [0.4, 0.5) is 11.4 Å². The Hall–Kier alpha value is -0.690. The van der Waals surface area contributed by atoms with Crippen molar-refractivity contribution in [2.24, 2.45) is 0 Å². The lowest BCUT2D eigenvalue weighted by molar-refractivity contribution is -0.384. The van der Waals surface area contributed by atoms with Crippen LogP contribution in [0.25, 0.3) is 0 Å². The van der Waals surface area contributed by atoms with Gasteiger partial charge in [0, 0.05) is 49.8 Å². The zero-order valence-corrected chi connectivity index (χ0v) is 13.1. The second kappa shape index (κ2) is 7.36. The van der Waals surface area contributed by atoms with Gasteiger partial charge in [-0.05, 0) is 0 Å². The lowest BCUT2D eigenvalue weighted by Crippen LogP contribution is -2.36. The van der Waals surface area contributed by atoms with Crippen molar-refractivity contribution >= 4 is 46.3 Å². The first-order chi connectivity index (χ1) is 9.58. The summed E-state index contributed by atoms with van der Waals surface area (Å²) in [5.74, 6) is 2.33. The summed E-state index contributed by atoms with van der Waals surface area (Å²) in [4.78, 5) is 12.6. The standard InChI is InChI=1S/C12H15Cl2N3O2S/c13-10-7-9(17(18)19)8-11(14)12(10)15-1-2-16-3-5-20-6-4-16/h7-8,15H,1-6H2. The Bertz CT molecular complexity index is 473. The zero-order valence-electron chi connectivity index (χ0n) is 10.8. The van der Waals surface area contributed by atoms with Crippen LogP contribution in [0.5, 0.6) is 0 Å². The van der Waals surface area contributed by atoms with Crippen molar-refractivity contribution in [3.8, 4) is 0 Å². The monoisotopic (exact) mass is 335 g/mol. The lowest BCUT2D eigenvalue weighted by atomic mass is 10.2. The molecule has 0 saturated carbocycles. The fourth-order valence-corrected chi connectivity index (χ4v) is 3.59. The molecule has 1 fully saturated rings. The molecule has 1 aromatic rings. The van der Waals surface area contributed by atoms with Crippen LogP contribution in [0.3, 0.4) is 0 Å². The molecule has 0 bridgehead atoms. The van der Waals surface area contributed by atoms with Gasteiger partial charge in [-0.25, -0.2) is 0 Å². The highest BCUT2D eigenvalue weighted by Gasteiger charge is 2.15. The number of nitro groups is 1. The molecule has 1 aliphatic rings. The summed E-state index contributed by atoms with van der Waals surface area (Å²) in [6.07, 6.45) is 0. The Labute approximate surface area is 131 Å². The van der Waals surface area contributed by atoms with Crippen LogP contribution < -0.4 is 5.32 Å². The Balaban J connectivity index is 1.93. The van der Waals surface area contributed by atoms with Gasteiger partial charge in [-0.2, -0.15) is 11.8 Å². The molecule has 20 heavy (non-hydrogen) atoms. The maximum Gasteiger partial charge on any atom is 0.272 e. The van der Waals surface area contributed by atoms with E-state index >= 15 is 0 Å². The number of nitrogens with one attached hydrogen (secondary N) is 1. The van der Waals surface area contributed by atoms with Crippen molar-refractivity contribution in [1.82, 2.24) is 4.90 Å². The Morgan fingerprint density at radius 3 is 2.45 bits per heavy atom. The summed E-state index contributed by atoms with van der Waals surface area (Å²) in [5.41, 5.74) is 0.462. The molecule has 1 aromatic carbocycles. The Morgan fingerprint density at radius 2 is 1.90 bits per heavy atom. The van der Waals surface area contributed by atoms with E-state index < -0.39 is 4.92 Å². The van der Waals surface area contributed by atoms with Crippen LogP contribution >= 0.6 is 35.0 Å². The molecule has 0 aliphatic carbocycles. The number of nitro benzene ring substituents is 1. The molecular weight excluding hydrogens is 321 g/mol. The molecule has 8 heteroatoms. The van der Waals surface area contributed by atoms with E-state index in [4.69, 9.17) is 23.2 Å². The number of hydrogen-bond acceptors (Lipinski definition) is 5. The maximum atomic E-state index is 10.7. The van der Waals surface area contributed by atoms with E-state index in [9.17, 15) is 10.1 Å². The number of benzene rings is 1. The van der Waals surface area contributed by atoms with Gasteiger partial charge in [-0.1, -0.05) is 23.2 Å². The second-order valence-electron chi connectivity index (χ2n) is 4.42. The fourth-order valence-electron chi connectivity index (χ4n) is 2.00. The normalized spacial score (nSPS) is 16.1. The lowest BCUT2D eigenvalue weighted by Gasteiger charge is -2.26. The van der Waals surface area contributed by atoms with Crippen molar-refractivity contribution in [1.29, 1.82) is 0 Å². The molecule has 2 rings (SSSR count). The van der Waals surface area contributed by atoms with Crippen LogP contribution in [0.15, 0.2) is 12.1 Å². The smallest absolute Gasteiger partial charge is 0.272 e. The molecular formula is C12H15Cl2N3O2S. The van der Waals surface area contributed by atoms with E-state index in [1.54, 1.807) is 0 Å². The van der Waals surface area contributed by atoms with Crippen LogP contribution in [-0.4, -0.2) is 47.5 Å². The predicted octanol–water partition coefficient (Wildman–Crippen LogP) is 3.36. The zero-order chi connectivity index (χ0) is 14.5. The molecule has 0 aromatic heterocycles. The van der Waals surface area contributed by atoms with Crippen LogP contribution in [-0.2, 0) is 0 Å². The number of non-ortho nitro benzene ring substituents is 1. The Kier molecular flexibility index (Phi) is 5.77. The average molecular weight is 336 g/mol. The predicted molar refractivity (Wildman–Crippen MR) is 85.4 cm³/mol. The molecule has 1 heterocycles. The minimum atomic E-state index is -0.507. The van der Waals surface area contributed by atoms with E-state index in [0.717, 1.165) is 19.6 Å². The Morgan fingerprint density at radius 1 is 1.30 bits per heavy atom. The average Bonchev–Trinajstić information content (AvgIpc) is 2.42. The molecule has 0 radical (unpaired) electrons. The number of thioether (sulfide) groups is 1. The molecule has 1 aliphatic heterocycles. The molecule has 0 atom stereocenters. The molecule has 5 nitrogen and oxygen atoms in total. The van der Waals surface area contributed by atoms with Gasteiger partial charge in [0.2, 0.25) is 0 Å². The third-order valence-corrected chi connectivity index (χ3v) is 4.61. The summed E-state index contributed by atoms with van der Waals surface area (Å²) in [5, 5.41) is 14.4. The van der Waals surface area contributed by atoms with Crippen molar-refractivity contribution < 1.29 is 4.92 Å². The van der Waals surface area contributed by atoms with Crippen molar-refractivity contribution in [3.63, 3.8) is 0 Å². The summed E-state index contributed by atoms with van der Waals surface area (Å²) in [7, 11) is 0. The van der Waals surface area contributed by atoms with Crippen molar-refractivity contribution in [2.75, 3.05) is 43.0 Å². The van der Waals surface area contributed by atoms with Gasteiger partial charge in [0.1, 0.15) is 0 Å². The second-order valence-corrected chi connectivity index (χ2v) is 6.46. The van der Waals surface area contributed by atoms with Gasteiger partial charge in [0.15, 0.2) is 0 Å². The summed E-state index contributed by atoms with van der Waals surface area (Å²) < 4.78 is 0. The highest BCUT2D eigenvalue weighted by Crippen LogP contribution is 2.34. The van der Waals surface area contributed by atoms with E-state index in [0.29, 0.717) is 12.2 Å². The van der Waals surface area contributed by atoms with E-state index in [1.807, 2.05) is 11.8 Å². The third kappa shape index (κ3) is 4.15. The van der Waals surface area contributed by atoms with Gasteiger partial charge < -0.3 is 5.32 Å². The molecule has 0 unspecified atom stereocenters. The first-order valence-electron chi connectivity index (χ1n) is 6.25. The maximum absolute atomic E-state index is 10.7.